The van der Waals surface area contributed by atoms with Gasteiger partial charge in [0.25, 0.3) is 0 Å². The summed E-state index contributed by atoms with van der Waals surface area (Å²) in [6, 6.07) is 9.23. The van der Waals surface area contributed by atoms with Crippen molar-refractivity contribution in [3.63, 3.8) is 0 Å². The second kappa shape index (κ2) is 6.61. The lowest BCUT2D eigenvalue weighted by molar-refractivity contribution is -0.166. The molecule has 16 heavy (non-hydrogen) atoms. The Kier molecular flexibility index (Phi) is 5.05. The van der Waals surface area contributed by atoms with Gasteiger partial charge in [-0.3, -0.25) is 9.59 Å². The molecule has 0 spiro atoms. The minimum absolute atomic E-state index is 0.185. The van der Waals surface area contributed by atoms with Gasteiger partial charge in [-0.1, -0.05) is 37.3 Å². The molecule has 4 heteroatoms. The zero-order valence-corrected chi connectivity index (χ0v) is 9.14. The molecule has 86 valence electrons. The maximum absolute atomic E-state index is 11.3. The second-order valence-electron chi connectivity index (χ2n) is 3.17. The maximum Gasteiger partial charge on any atom is 0.313 e. The van der Waals surface area contributed by atoms with Crippen LogP contribution in [-0.4, -0.2) is 18.7 Å². The van der Waals surface area contributed by atoms with Gasteiger partial charge in [0.15, 0.2) is 0 Å². The largest absolute Gasteiger partial charge is 0.428 e. The number of esters is 2. The Bertz CT molecular complexity index is 345. The Balaban J connectivity index is 2.24. The van der Waals surface area contributed by atoms with E-state index in [1.165, 1.54) is 0 Å². The lowest BCUT2D eigenvalue weighted by Crippen LogP contribution is -2.13. The summed E-state index contributed by atoms with van der Waals surface area (Å²) in [4.78, 5) is 22.0. The van der Waals surface area contributed by atoms with Gasteiger partial charge in [0.1, 0.15) is 0 Å². The van der Waals surface area contributed by atoms with Gasteiger partial charge in [-0.2, -0.15) is 0 Å². The van der Waals surface area contributed by atoms with Gasteiger partial charge in [-0.25, -0.2) is 0 Å². The standard InChI is InChI=1S/C12H14O4/c1-2-11(13)15-9-16-12(14)8-10-6-4-3-5-7-10/h3-7H,2,8-9H2,1H3. The highest BCUT2D eigenvalue weighted by Crippen LogP contribution is 2.00. The molecule has 0 unspecified atom stereocenters. The molecule has 0 bridgehead atoms. The molecular weight excluding hydrogens is 208 g/mol. The number of carbonyl (C=O) groups excluding carboxylic acids is 2. The Morgan fingerprint density at radius 2 is 1.69 bits per heavy atom. The highest BCUT2D eigenvalue weighted by molar-refractivity contribution is 5.73. The molecule has 4 nitrogen and oxygen atoms in total. The summed E-state index contributed by atoms with van der Waals surface area (Å²) in [5.74, 6) is -0.789. The van der Waals surface area contributed by atoms with Crippen LogP contribution in [0.5, 0.6) is 0 Å². The van der Waals surface area contributed by atoms with Crippen molar-refractivity contribution in [3.8, 4) is 0 Å². The van der Waals surface area contributed by atoms with E-state index in [0.29, 0.717) is 0 Å². The third-order valence-corrected chi connectivity index (χ3v) is 1.92. The number of ether oxygens (including phenoxy) is 2. The molecule has 0 N–H and O–H groups in total. The van der Waals surface area contributed by atoms with Crippen LogP contribution in [-0.2, 0) is 25.5 Å². The van der Waals surface area contributed by atoms with Crippen molar-refractivity contribution in [2.75, 3.05) is 6.79 Å². The summed E-state index contributed by atoms with van der Waals surface area (Å²) in [5, 5.41) is 0. The predicted molar refractivity (Wildman–Crippen MR) is 57.5 cm³/mol. The average Bonchev–Trinajstić information content (AvgIpc) is 2.30. The van der Waals surface area contributed by atoms with Gasteiger partial charge in [-0.05, 0) is 5.56 Å². The van der Waals surface area contributed by atoms with E-state index < -0.39 is 5.97 Å². The van der Waals surface area contributed by atoms with Crippen molar-refractivity contribution in [1.29, 1.82) is 0 Å². The van der Waals surface area contributed by atoms with Crippen LogP contribution in [0.4, 0.5) is 0 Å². The Morgan fingerprint density at radius 1 is 1.06 bits per heavy atom. The van der Waals surface area contributed by atoms with Gasteiger partial charge in [-0.15, -0.1) is 0 Å². The molecule has 1 rings (SSSR count). The van der Waals surface area contributed by atoms with Crippen LogP contribution in [0.2, 0.25) is 0 Å². The lowest BCUT2D eigenvalue weighted by Gasteiger charge is -2.05. The molecule has 0 aliphatic carbocycles. The summed E-state index contributed by atoms with van der Waals surface area (Å²) < 4.78 is 9.35. The first-order valence-corrected chi connectivity index (χ1v) is 5.07. The first-order valence-electron chi connectivity index (χ1n) is 5.07. The van der Waals surface area contributed by atoms with Gasteiger partial charge in [0, 0.05) is 6.42 Å². The van der Waals surface area contributed by atoms with E-state index in [1.807, 2.05) is 30.3 Å². The maximum atomic E-state index is 11.3. The molecule has 0 aliphatic heterocycles. The number of hydrogen-bond acceptors (Lipinski definition) is 4. The van der Waals surface area contributed by atoms with Crippen molar-refractivity contribution >= 4 is 11.9 Å². The van der Waals surface area contributed by atoms with E-state index in [1.54, 1.807) is 6.92 Å². The molecule has 0 aromatic heterocycles. The Labute approximate surface area is 94.2 Å². The fraction of sp³-hybridized carbons (Fsp3) is 0.333. The van der Waals surface area contributed by atoms with Crippen LogP contribution in [0.25, 0.3) is 0 Å². The minimum Gasteiger partial charge on any atom is -0.428 e. The summed E-state index contributed by atoms with van der Waals surface area (Å²) >= 11 is 0. The topological polar surface area (TPSA) is 52.6 Å². The van der Waals surface area contributed by atoms with Crippen LogP contribution in [0.15, 0.2) is 30.3 Å². The average molecular weight is 222 g/mol. The summed E-state index contributed by atoms with van der Waals surface area (Å²) in [5.41, 5.74) is 0.870. The molecule has 1 aromatic rings. The molecule has 1 aromatic carbocycles. The van der Waals surface area contributed by atoms with E-state index in [2.05, 4.69) is 4.74 Å². The van der Waals surface area contributed by atoms with Crippen molar-refractivity contribution < 1.29 is 19.1 Å². The van der Waals surface area contributed by atoms with Crippen LogP contribution in [0.1, 0.15) is 18.9 Å². The lowest BCUT2D eigenvalue weighted by atomic mass is 10.2. The van der Waals surface area contributed by atoms with E-state index in [4.69, 9.17) is 4.74 Å². The molecule has 0 fully saturated rings. The fourth-order valence-corrected chi connectivity index (χ4v) is 1.08. The molecule has 0 saturated heterocycles. The van der Waals surface area contributed by atoms with Crippen LogP contribution in [0.3, 0.4) is 0 Å². The molecule has 0 aliphatic rings. The quantitative estimate of drug-likeness (QED) is 0.562. The van der Waals surface area contributed by atoms with Gasteiger partial charge >= 0.3 is 11.9 Å². The number of benzene rings is 1. The third kappa shape index (κ3) is 4.59. The Morgan fingerprint density at radius 3 is 2.31 bits per heavy atom. The molecule has 0 heterocycles. The van der Waals surface area contributed by atoms with E-state index in [-0.39, 0.29) is 25.6 Å². The molecule has 0 radical (unpaired) electrons. The number of hydrogen-bond donors (Lipinski definition) is 0. The molecule has 0 amide bonds. The fourth-order valence-electron chi connectivity index (χ4n) is 1.08. The monoisotopic (exact) mass is 222 g/mol. The number of carbonyl (C=O) groups is 2. The normalized spacial score (nSPS) is 9.56. The van der Waals surface area contributed by atoms with Crippen molar-refractivity contribution in [1.82, 2.24) is 0 Å². The van der Waals surface area contributed by atoms with Crippen molar-refractivity contribution in [2.24, 2.45) is 0 Å². The SMILES string of the molecule is CCC(=O)OCOC(=O)Cc1ccccc1. The zero-order chi connectivity index (χ0) is 11.8. The predicted octanol–water partition coefficient (Wildman–Crippen LogP) is 1.68. The number of rotatable bonds is 5. The second-order valence-corrected chi connectivity index (χ2v) is 3.17. The smallest absolute Gasteiger partial charge is 0.313 e. The highest BCUT2D eigenvalue weighted by Gasteiger charge is 2.05. The van der Waals surface area contributed by atoms with Gasteiger partial charge in [0.05, 0.1) is 6.42 Å². The Hall–Kier alpha value is -1.84. The third-order valence-electron chi connectivity index (χ3n) is 1.92. The summed E-state index contributed by atoms with van der Waals surface area (Å²) in [6.45, 7) is 1.37. The zero-order valence-electron chi connectivity index (χ0n) is 9.14. The van der Waals surface area contributed by atoms with Gasteiger partial charge in [0.2, 0.25) is 6.79 Å². The summed E-state index contributed by atoms with van der Waals surface area (Å²) in [6.07, 6.45) is 0.459. The van der Waals surface area contributed by atoms with Crippen molar-refractivity contribution in [3.05, 3.63) is 35.9 Å². The van der Waals surface area contributed by atoms with Crippen LogP contribution in [0, 0.1) is 0 Å². The molecule has 0 atom stereocenters. The van der Waals surface area contributed by atoms with E-state index in [9.17, 15) is 9.59 Å². The van der Waals surface area contributed by atoms with E-state index >= 15 is 0 Å². The van der Waals surface area contributed by atoms with Crippen LogP contribution < -0.4 is 0 Å². The van der Waals surface area contributed by atoms with Gasteiger partial charge < -0.3 is 9.47 Å². The molecule has 0 saturated carbocycles. The first-order chi connectivity index (χ1) is 7.72. The van der Waals surface area contributed by atoms with Crippen molar-refractivity contribution in [2.45, 2.75) is 19.8 Å². The van der Waals surface area contributed by atoms with E-state index in [0.717, 1.165) is 5.56 Å². The highest BCUT2D eigenvalue weighted by atomic mass is 16.7. The van der Waals surface area contributed by atoms with Crippen LogP contribution >= 0.6 is 0 Å². The minimum atomic E-state index is -0.407. The summed E-state index contributed by atoms with van der Waals surface area (Å²) in [7, 11) is 0. The molecular formula is C12H14O4. The first kappa shape index (κ1) is 12.2.